The van der Waals surface area contributed by atoms with Gasteiger partial charge in [-0.3, -0.25) is 0 Å². The fraction of sp³-hybridized carbons (Fsp3) is 0.538. The maximum Gasteiger partial charge on any atom is 0.418 e. The Morgan fingerprint density at radius 1 is 1.42 bits per heavy atom. The molecule has 0 amide bonds. The van der Waals surface area contributed by atoms with Crippen molar-refractivity contribution in [3.63, 3.8) is 0 Å². The first-order chi connectivity index (χ1) is 8.93. The van der Waals surface area contributed by atoms with E-state index in [9.17, 15) is 13.2 Å². The molecule has 0 spiro atoms. The first-order valence-corrected chi connectivity index (χ1v) is 7.07. The van der Waals surface area contributed by atoms with Crippen molar-refractivity contribution in [1.82, 2.24) is 5.32 Å². The van der Waals surface area contributed by atoms with Crippen molar-refractivity contribution in [2.24, 2.45) is 0 Å². The van der Waals surface area contributed by atoms with Gasteiger partial charge in [0, 0.05) is 29.3 Å². The Kier molecular flexibility index (Phi) is 4.40. The zero-order valence-electron chi connectivity index (χ0n) is 10.6. The van der Waals surface area contributed by atoms with E-state index in [2.05, 4.69) is 21.2 Å². The minimum absolute atomic E-state index is 0.132. The molecule has 1 aromatic carbocycles. The minimum atomic E-state index is -4.33. The summed E-state index contributed by atoms with van der Waals surface area (Å²) in [7, 11) is 0. The lowest BCUT2D eigenvalue weighted by atomic mass is 10.1. The third-order valence-corrected chi connectivity index (χ3v) is 3.88. The molecule has 0 aromatic heterocycles. The third kappa shape index (κ3) is 3.23. The Morgan fingerprint density at radius 2 is 2.16 bits per heavy atom. The van der Waals surface area contributed by atoms with Crippen LogP contribution in [0, 0.1) is 0 Å². The molecule has 1 aliphatic rings. The molecule has 1 aromatic rings. The van der Waals surface area contributed by atoms with Gasteiger partial charge in [0.15, 0.2) is 0 Å². The lowest BCUT2D eigenvalue weighted by Crippen LogP contribution is -2.38. The molecule has 1 atom stereocenters. The SMILES string of the molecule is CCN(c1ccc(Br)cc1C(F)(F)F)C1CCNC1. The van der Waals surface area contributed by atoms with Gasteiger partial charge >= 0.3 is 6.18 Å². The van der Waals surface area contributed by atoms with Crippen molar-refractivity contribution in [2.45, 2.75) is 25.6 Å². The van der Waals surface area contributed by atoms with E-state index in [0.29, 0.717) is 11.0 Å². The maximum absolute atomic E-state index is 13.1. The molecule has 1 saturated heterocycles. The Morgan fingerprint density at radius 3 is 2.68 bits per heavy atom. The molecule has 0 saturated carbocycles. The second-order valence-electron chi connectivity index (χ2n) is 4.59. The summed E-state index contributed by atoms with van der Waals surface area (Å²) in [5, 5.41) is 3.19. The van der Waals surface area contributed by atoms with E-state index in [1.807, 2.05) is 11.8 Å². The van der Waals surface area contributed by atoms with E-state index in [0.717, 1.165) is 25.6 Å². The van der Waals surface area contributed by atoms with E-state index < -0.39 is 11.7 Å². The van der Waals surface area contributed by atoms with Crippen LogP contribution in [0.4, 0.5) is 18.9 Å². The predicted molar refractivity (Wildman–Crippen MR) is 73.4 cm³/mol. The van der Waals surface area contributed by atoms with Crippen LogP contribution in [0.2, 0.25) is 0 Å². The molecule has 1 aliphatic heterocycles. The van der Waals surface area contributed by atoms with E-state index >= 15 is 0 Å². The zero-order chi connectivity index (χ0) is 14.0. The molecule has 2 nitrogen and oxygen atoms in total. The van der Waals surface area contributed by atoms with Crippen molar-refractivity contribution in [2.75, 3.05) is 24.5 Å². The van der Waals surface area contributed by atoms with Crippen LogP contribution >= 0.6 is 15.9 Å². The predicted octanol–water partition coefficient (Wildman–Crippen LogP) is 3.66. The van der Waals surface area contributed by atoms with Crippen LogP contribution in [0.25, 0.3) is 0 Å². The summed E-state index contributed by atoms with van der Waals surface area (Å²) < 4.78 is 39.9. The second-order valence-corrected chi connectivity index (χ2v) is 5.51. The molecule has 1 heterocycles. The van der Waals surface area contributed by atoms with Crippen LogP contribution in [-0.4, -0.2) is 25.7 Å². The standard InChI is InChI=1S/C13H16BrF3N2/c1-2-19(10-5-6-18-8-10)12-4-3-9(14)7-11(12)13(15,16)17/h3-4,7,10,18H,2,5-6,8H2,1H3. The summed E-state index contributed by atoms with van der Waals surface area (Å²) in [5.41, 5.74) is -0.303. The number of anilines is 1. The monoisotopic (exact) mass is 336 g/mol. The van der Waals surface area contributed by atoms with Crippen molar-refractivity contribution in [3.05, 3.63) is 28.2 Å². The highest BCUT2D eigenvalue weighted by molar-refractivity contribution is 9.10. The molecular weight excluding hydrogens is 321 g/mol. The Hall–Kier alpha value is -0.750. The van der Waals surface area contributed by atoms with Gasteiger partial charge in [0.25, 0.3) is 0 Å². The molecule has 0 bridgehead atoms. The lowest BCUT2D eigenvalue weighted by Gasteiger charge is -2.31. The van der Waals surface area contributed by atoms with Crippen molar-refractivity contribution >= 4 is 21.6 Å². The van der Waals surface area contributed by atoms with E-state index in [4.69, 9.17) is 0 Å². The summed E-state index contributed by atoms with van der Waals surface area (Å²) in [6.45, 7) is 4.05. The summed E-state index contributed by atoms with van der Waals surface area (Å²) in [6, 6.07) is 4.50. The molecule has 2 rings (SSSR count). The molecule has 0 radical (unpaired) electrons. The third-order valence-electron chi connectivity index (χ3n) is 3.39. The lowest BCUT2D eigenvalue weighted by molar-refractivity contribution is -0.137. The smallest absolute Gasteiger partial charge is 0.367 e. The fourth-order valence-electron chi connectivity index (χ4n) is 2.52. The van der Waals surface area contributed by atoms with E-state index in [1.54, 1.807) is 12.1 Å². The van der Waals surface area contributed by atoms with Gasteiger partial charge in [0.05, 0.1) is 5.56 Å². The quantitative estimate of drug-likeness (QED) is 0.906. The van der Waals surface area contributed by atoms with Gasteiger partial charge in [0.1, 0.15) is 0 Å². The molecule has 19 heavy (non-hydrogen) atoms. The highest BCUT2D eigenvalue weighted by atomic mass is 79.9. The molecule has 6 heteroatoms. The topological polar surface area (TPSA) is 15.3 Å². The van der Waals surface area contributed by atoms with Crippen LogP contribution < -0.4 is 10.2 Å². The Balaban J connectivity index is 2.41. The number of hydrogen-bond acceptors (Lipinski definition) is 2. The highest BCUT2D eigenvalue weighted by Gasteiger charge is 2.36. The molecule has 1 fully saturated rings. The Labute approximate surface area is 119 Å². The first kappa shape index (κ1) is 14.7. The fourth-order valence-corrected chi connectivity index (χ4v) is 2.88. The number of rotatable bonds is 3. The molecule has 1 unspecified atom stereocenters. The summed E-state index contributed by atoms with van der Waals surface area (Å²) >= 11 is 3.11. The number of alkyl halides is 3. The zero-order valence-corrected chi connectivity index (χ0v) is 12.2. The summed E-state index contributed by atoms with van der Waals surface area (Å²) in [6.07, 6.45) is -3.46. The van der Waals surface area contributed by atoms with Crippen LogP contribution in [0.1, 0.15) is 18.9 Å². The molecular formula is C13H16BrF3N2. The van der Waals surface area contributed by atoms with Gasteiger partial charge in [-0.1, -0.05) is 15.9 Å². The number of benzene rings is 1. The Bertz CT molecular complexity index is 442. The largest absolute Gasteiger partial charge is 0.418 e. The number of halogens is 4. The summed E-state index contributed by atoms with van der Waals surface area (Å²) in [4.78, 5) is 1.84. The van der Waals surface area contributed by atoms with Crippen LogP contribution in [0.15, 0.2) is 22.7 Å². The van der Waals surface area contributed by atoms with E-state index in [-0.39, 0.29) is 11.7 Å². The first-order valence-electron chi connectivity index (χ1n) is 6.27. The molecule has 106 valence electrons. The summed E-state index contributed by atoms with van der Waals surface area (Å²) in [5.74, 6) is 0. The van der Waals surface area contributed by atoms with Crippen LogP contribution in [-0.2, 0) is 6.18 Å². The van der Waals surface area contributed by atoms with Crippen molar-refractivity contribution in [3.8, 4) is 0 Å². The van der Waals surface area contributed by atoms with Crippen LogP contribution in [0.5, 0.6) is 0 Å². The number of nitrogens with one attached hydrogen (secondary N) is 1. The molecule has 0 aliphatic carbocycles. The van der Waals surface area contributed by atoms with Crippen molar-refractivity contribution < 1.29 is 13.2 Å². The van der Waals surface area contributed by atoms with Gasteiger partial charge in [0.2, 0.25) is 0 Å². The normalized spacial score (nSPS) is 19.7. The van der Waals surface area contributed by atoms with Crippen LogP contribution in [0.3, 0.4) is 0 Å². The number of hydrogen-bond donors (Lipinski definition) is 1. The minimum Gasteiger partial charge on any atom is -0.367 e. The number of nitrogens with zero attached hydrogens (tertiary/aromatic N) is 1. The van der Waals surface area contributed by atoms with Crippen molar-refractivity contribution in [1.29, 1.82) is 0 Å². The average molecular weight is 337 g/mol. The highest BCUT2D eigenvalue weighted by Crippen LogP contribution is 2.39. The van der Waals surface area contributed by atoms with Gasteiger partial charge in [-0.15, -0.1) is 0 Å². The second kappa shape index (κ2) is 5.71. The van der Waals surface area contributed by atoms with E-state index in [1.165, 1.54) is 0 Å². The molecule has 1 N–H and O–H groups in total. The average Bonchev–Trinajstić information content (AvgIpc) is 2.84. The van der Waals surface area contributed by atoms with Gasteiger partial charge in [-0.05, 0) is 38.1 Å². The maximum atomic E-state index is 13.1. The number of likely N-dealkylation sites (N-methyl/N-ethyl adjacent to an activating group) is 1. The van der Waals surface area contributed by atoms with Gasteiger partial charge in [-0.25, -0.2) is 0 Å². The van der Waals surface area contributed by atoms with Gasteiger partial charge < -0.3 is 10.2 Å². The van der Waals surface area contributed by atoms with Gasteiger partial charge in [-0.2, -0.15) is 13.2 Å².